The van der Waals surface area contributed by atoms with E-state index in [1.54, 1.807) is 17.9 Å². The highest BCUT2D eigenvalue weighted by Gasteiger charge is 2.14. The van der Waals surface area contributed by atoms with E-state index in [4.69, 9.17) is 11.5 Å². The maximum Gasteiger partial charge on any atom is 0.219 e. The molecule has 0 bridgehead atoms. The molecule has 72 valence electrons. The van der Waals surface area contributed by atoms with Crippen LogP contribution in [-0.2, 0) is 11.8 Å². The van der Waals surface area contributed by atoms with Crippen molar-refractivity contribution < 1.29 is 4.79 Å². The monoisotopic (exact) mass is 246 g/mol. The van der Waals surface area contributed by atoms with Crippen LogP contribution in [0.4, 0.5) is 0 Å². The maximum atomic E-state index is 10.6. The second kappa shape index (κ2) is 3.89. The van der Waals surface area contributed by atoms with Gasteiger partial charge in [-0.1, -0.05) is 0 Å². The van der Waals surface area contributed by atoms with Gasteiger partial charge in [0.25, 0.3) is 0 Å². The van der Waals surface area contributed by atoms with Gasteiger partial charge < -0.3 is 11.5 Å². The van der Waals surface area contributed by atoms with E-state index in [2.05, 4.69) is 21.0 Å². The molecule has 0 radical (unpaired) electrons. The number of amides is 1. The molecule has 1 amide bonds. The largest absolute Gasteiger partial charge is 0.370 e. The van der Waals surface area contributed by atoms with Gasteiger partial charge in [-0.25, -0.2) is 0 Å². The molecule has 1 atom stereocenters. The summed E-state index contributed by atoms with van der Waals surface area (Å²) in [4.78, 5) is 10.6. The number of hydrogen-bond donors (Lipinski definition) is 2. The summed E-state index contributed by atoms with van der Waals surface area (Å²) in [7, 11) is 1.78. The summed E-state index contributed by atoms with van der Waals surface area (Å²) in [6.45, 7) is 0. The van der Waals surface area contributed by atoms with Gasteiger partial charge in [-0.05, 0) is 15.9 Å². The number of rotatable bonds is 3. The minimum atomic E-state index is -0.414. The lowest BCUT2D eigenvalue weighted by Crippen LogP contribution is -2.20. The number of hydrogen-bond acceptors (Lipinski definition) is 3. The Bertz CT molecular complexity index is 322. The molecule has 0 aliphatic carbocycles. The molecule has 13 heavy (non-hydrogen) atoms. The lowest BCUT2D eigenvalue weighted by Gasteiger charge is -2.06. The average molecular weight is 247 g/mol. The van der Waals surface area contributed by atoms with Crippen molar-refractivity contribution in [3.8, 4) is 0 Å². The van der Waals surface area contributed by atoms with Crippen LogP contribution in [0, 0.1) is 0 Å². The minimum absolute atomic E-state index is 0.129. The smallest absolute Gasteiger partial charge is 0.219 e. The predicted molar refractivity (Wildman–Crippen MR) is 51.6 cm³/mol. The van der Waals surface area contributed by atoms with E-state index in [1.807, 2.05) is 0 Å². The van der Waals surface area contributed by atoms with Crippen molar-refractivity contribution in [2.45, 2.75) is 12.5 Å². The van der Waals surface area contributed by atoms with Gasteiger partial charge in [-0.15, -0.1) is 0 Å². The summed E-state index contributed by atoms with van der Waals surface area (Å²) < 4.78 is 2.28. The molecule has 0 saturated carbocycles. The van der Waals surface area contributed by atoms with E-state index >= 15 is 0 Å². The summed E-state index contributed by atoms with van der Waals surface area (Å²) >= 11 is 3.24. The Kier molecular flexibility index (Phi) is 3.05. The van der Waals surface area contributed by atoms with Crippen molar-refractivity contribution in [2.24, 2.45) is 18.5 Å². The van der Waals surface area contributed by atoms with Crippen LogP contribution in [0.1, 0.15) is 18.0 Å². The topological polar surface area (TPSA) is 86.9 Å². The van der Waals surface area contributed by atoms with Crippen LogP contribution in [0.25, 0.3) is 0 Å². The van der Waals surface area contributed by atoms with E-state index < -0.39 is 5.91 Å². The van der Waals surface area contributed by atoms with Crippen molar-refractivity contribution in [3.05, 3.63) is 16.4 Å². The summed E-state index contributed by atoms with van der Waals surface area (Å²) in [5.74, 6) is -0.414. The highest BCUT2D eigenvalue weighted by atomic mass is 79.9. The minimum Gasteiger partial charge on any atom is -0.370 e. The fraction of sp³-hybridized carbons (Fsp3) is 0.429. The number of primary amides is 1. The molecular formula is C7H11BrN4O. The molecule has 5 nitrogen and oxygen atoms in total. The number of carbonyl (C=O) groups excluding carboxylic acids is 1. The number of halogens is 1. The number of nitrogens with two attached hydrogens (primary N) is 2. The SMILES string of the molecule is Cn1cc([C@@H](N)CC(N)=O)c(Br)n1. The Balaban J connectivity index is 2.81. The van der Waals surface area contributed by atoms with Gasteiger partial charge in [0, 0.05) is 31.3 Å². The molecule has 0 aromatic carbocycles. The molecule has 1 aromatic heterocycles. The van der Waals surface area contributed by atoms with Crippen LogP contribution in [0.3, 0.4) is 0 Å². The zero-order valence-corrected chi connectivity index (χ0v) is 8.78. The van der Waals surface area contributed by atoms with E-state index in [1.165, 1.54) is 0 Å². The Morgan fingerprint density at radius 1 is 1.85 bits per heavy atom. The van der Waals surface area contributed by atoms with E-state index in [9.17, 15) is 4.79 Å². The van der Waals surface area contributed by atoms with Crippen molar-refractivity contribution in [1.29, 1.82) is 0 Å². The first-order valence-electron chi connectivity index (χ1n) is 3.73. The third-order valence-electron chi connectivity index (χ3n) is 1.63. The fourth-order valence-corrected chi connectivity index (χ4v) is 1.70. The first-order chi connectivity index (χ1) is 6.00. The van der Waals surface area contributed by atoms with Crippen LogP contribution in [-0.4, -0.2) is 15.7 Å². The summed E-state index contributed by atoms with van der Waals surface area (Å²) in [6.07, 6.45) is 1.89. The van der Waals surface area contributed by atoms with Gasteiger partial charge >= 0.3 is 0 Å². The van der Waals surface area contributed by atoms with Crippen molar-refractivity contribution in [3.63, 3.8) is 0 Å². The highest BCUT2D eigenvalue weighted by Crippen LogP contribution is 2.21. The molecular weight excluding hydrogens is 236 g/mol. The second-order valence-corrected chi connectivity index (χ2v) is 3.58. The van der Waals surface area contributed by atoms with Crippen molar-refractivity contribution in [1.82, 2.24) is 9.78 Å². The third kappa shape index (κ3) is 2.53. The number of carbonyl (C=O) groups is 1. The molecule has 1 rings (SSSR count). The Hall–Kier alpha value is -0.880. The summed E-state index contributed by atoms with van der Waals surface area (Å²) in [5, 5.41) is 4.04. The highest BCUT2D eigenvalue weighted by molar-refractivity contribution is 9.10. The van der Waals surface area contributed by atoms with Gasteiger partial charge in [0.05, 0.1) is 0 Å². The quantitative estimate of drug-likeness (QED) is 0.791. The first-order valence-corrected chi connectivity index (χ1v) is 4.53. The Labute approximate surface area is 84.2 Å². The van der Waals surface area contributed by atoms with Crippen LogP contribution >= 0.6 is 15.9 Å². The van der Waals surface area contributed by atoms with Gasteiger partial charge in [0.15, 0.2) is 0 Å². The molecule has 0 fully saturated rings. The maximum absolute atomic E-state index is 10.6. The Morgan fingerprint density at radius 3 is 2.85 bits per heavy atom. The normalized spacial score (nSPS) is 12.8. The molecule has 6 heteroatoms. The molecule has 0 aliphatic heterocycles. The van der Waals surface area contributed by atoms with Gasteiger partial charge in [-0.2, -0.15) is 5.10 Å². The molecule has 0 saturated heterocycles. The van der Waals surface area contributed by atoms with Crippen LogP contribution < -0.4 is 11.5 Å². The van der Waals surface area contributed by atoms with E-state index in [0.717, 1.165) is 5.56 Å². The van der Waals surface area contributed by atoms with Gasteiger partial charge in [0.2, 0.25) is 5.91 Å². The third-order valence-corrected chi connectivity index (χ3v) is 2.25. The fourth-order valence-electron chi connectivity index (χ4n) is 1.06. The van der Waals surface area contributed by atoms with Crippen LogP contribution in [0.15, 0.2) is 10.8 Å². The predicted octanol–water partition coefficient (Wildman–Crippen LogP) is 0.0578. The molecule has 1 aromatic rings. The number of aromatic nitrogens is 2. The molecule has 1 heterocycles. The first kappa shape index (κ1) is 10.2. The average Bonchev–Trinajstić information content (AvgIpc) is 2.28. The molecule has 0 aliphatic rings. The molecule has 0 spiro atoms. The number of aryl methyl sites for hydroxylation is 1. The number of nitrogens with zero attached hydrogens (tertiary/aromatic N) is 2. The zero-order valence-electron chi connectivity index (χ0n) is 7.20. The Morgan fingerprint density at radius 2 is 2.46 bits per heavy atom. The standard InChI is InChI=1S/C7H11BrN4O/c1-12-3-4(7(8)11-12)5(9)2-6(10)13/h3,5H,2,9H2,1H3,(H2,10,13)/t5-/m0/s1. The van der Waals surface area contributed by atoms with Gasteiger partial charge in [-0.3, -0.25) is 9.48 Å². The van der Waals surface area contributed by atoms with Crippen molar-refractivity contribution in [2.75, 3.05) is 0 Å². The zero-order chi connectivity index (χ0) is 10.0. The van der Waals surface area contributed by atoms with Crippen LogP contribution in [0.5, 0.6) is 0 Å². The molecule has 0 unspecified atom stereocenters. The molecule has 4 N–H and O–H groups in total. The lowest BCUT2D eigenvalue weighted by atomic mass is 10.1. The summed E-state index contributed by atoms with van der Waals surface area (Å²) in [6, 6.07) is -0.388. The summed E-state index contributed by atoms with van der Waals surface area (Å²) in [5.41, 5.74) is 11.5. The lowest BCUT2D eigenvalue weighted by molar-refractivity contribution is -0.118. The van der Waals surface area contributed by atoms with E-state index in [0.29, 0.717) is 4.60 Å². The van der Waals surface area contributed by atoms with Crippen molar-refractivity contribution >= 4 is 21.8 Å². The van der Waals surface area contributed by atoms with Crippen LogP contribution in [0.2, 0.25) is 0 Å². The van der Waals surface area contributed by atoms with E-state index in [-0.39, 0.29) is 12.5 Å². The second-order valence-electron chi connectivity index (χ2n) is 2.83. The van der Waals surface area contributed by atoms with Gasteiger partial charge in [0.1, 0.15) is 4.60 Å².